The number of carbonyl (C=O) groups is 2. The second-order valence-corrected chi connectivity index (χ2v) is 5.18. The highest BCUT2D eigenvalue weighted by Gasteiger charge is 2.15. The fraction of sp³-hybridized carbons (Fsp3) is 0.846. The lowest BCUT2D eigenvalue weighted by molar-refractivity contribution is -0.131. The average molecular weight is 255 g/mol. The molecular formula is C13H25N3O2. The maximum Gasteiger partial charge on any atom is 0.224 e. The molecule has 0 atom stereocenters. The zero-order chi connectivity index (χ0) is 13.4. The summed E-state index contributed by atoms with van der Waals surface area (Å²) >= 11 is 0. The van der Waals surface area contributed by atoms with Crippen molar-refractivity contribution >= 4 is 11.8 Å². The molecule has 0 aliphatic carbocycles. The third-order valence-corrected chi connectivity index (χ3v) is 2.95. The van der Waals surface area contributed by atoms with Gasteiger partial charge in [0.05, 0.1) is 0 Å². The van der Waals surface area contributed by atoms with Gasteiger partial charge in [0.1, 0.15) is 0 Å². The van der Waals surface area contributed by atoms with Gasteiger partial charge < -0.3 is 15.5 Å². The van der Waals surface area contributed by atoms with Gasteiger partial charge in [0.2, 0.25) is 11.8 Å². The van der Waals surface area contributed by atoms with Crippen LogP contribution in [0.15, 0.2) is 0 Å². The summed E-state index contributed by atoms with van der Waals surface area (Å²) in [4.78, 5) is 25.2. The van der Waals surface area contributed by atoms with Crippen molar-refractivity contribution in [1.29, 1.82) is 0 Å². The summed E-state index contributed by atoms with van der Waals surface area (Å²) in [5.74, 6) is 0.538. The molecule has 5 nitrogen and oxygen atoms in total. The first-order valence-electron chi connectivity index (χ1n) is 6.85. The minimum absolute atomic E-state index is 0.0373. The Morgan fingerprint density at radius 3 is 2.78 bits per heavy atom. The molecule has 2 amide bonds. The lowest BCUT2D eigenvalue weighted by atomic mass is 10.1. The predicted octanol–water partition coefficient (Wildman–Crippen LogP) is 0.361. The molecule has 0 unspecified atom stereocenters. The summed E-state index contributed by atoms with van der Waals surface area (Å²) in [6, 6.07) is 0. The molecule has 0 spiro atoms. The third kappa shape index (κ3) is 6.00. The number of hydrogen-bond acceptors (Lipinski definition) is 3. The molecule has 2 N–H and O–H groups in total. The molecule has 104 valence electrons. The van der Waals surface area contributed by atoms with Gasteiger partial charge in [0.15, 0.2) is 0 Å². The van der Waals surface area contributed by atoms with Crippen LogP contribution in [0.3, 0.4) is 0 Å². The highest BCUT2D eigenvalue weighted by molar-refractivity contribution is 5.79. The van der Waals surface area contributed by atoms with E-state index in [0.29, 0.717) is 25.3 Å². The fourth-order valence-electron chi connectivity index (χ4n) is 2.01. The van der Waals surface area contributed by atoms with Crippen LogP contribution in [-0.2, 0) is 9.59 Å². The zero-order valence-electron chi connectivity index (χ0n) is 11.5. The Morgan fingerprint density at radius 2 is 2.06 bits per heavy atom. The Balaban J connectivity index is 2.17. The molecule has 18 heavy (non-hydrogen) atoms. The molecule has 5 heteroatoms. The zero-order valence-corrected chi connectivity index (χ0v) is 11.5. The predicted molar refractivity (Wildman–Crippen MR) is 71.1 cm³/mol. The Labute approximate surface area is 109 Å². The summed E-state index contributed by atoms with van der Waals surface area (Å²) in [5.41, 5.74) is 0. The maximum absolute atomic E-state index is 11.9. The van der Waals surface area contributed by atoms with E-state index in [9.17, 15) is 9.59 Å². The molecule has 0 saturated carbocycles. The van der Waals surface area contributed by atoms with Gasteiger partial charge in [0.25, 0.3) is 0 Å². The molecule has 1 saturated heterocycles. The SMILES string of the molecule is CC(C)CC(=O)NCCC(=O)N1CCCNCC1. The molecule has 0 aromatic rings. The van der Waals surface area contributed by atoms with Crippen LogP contribution in [0.1, 0.15) is 33.1 Å². The van der Waals surface area contributed by atoms with Crippen LogP contribution >= 0.6 is 0 Å². The minimum atomic E-state index is 0.0373. The van der Waals surface area contributed by atoms with Gasteiger partial charge in [-0.3, -0.25) is 9.59 Å². The van der Waals surface area contributed by atoms with Crippen molar-refractivity contribution in [3.05, 3.63) is 0 Å². The lowest BCUT2D eigenvalue weighted by Gasteiger charge is -2.20. The summed E-state index contributed by atoms with van der Waals surface area (Å²) in [7, 11) is 0. The standard InChI is InChI=1S/C13H25N3O2/c1-11(2)10-12(17)15-6-4-13(18)16-8-3-5-14-7-9-16/h11,14H,3-10H2,1-2H3,(H,15,17). The Kier molecular flexibility index (Phi) is 6.72. The van der Waals surface area contributed by atoms with Crippen molar-refractivity contribution in [2.24, 2.45) is 5.92 Å². The molecular weight excluding hydrogens is 230 g/mol. The van der Waals surface area contributed by atoms with E-state index in [4.69, 9.17) is 0 Å². The van der Waals surface area contributed by atoms with Gasteiger partial charge in [-0.15, -0.1) is 0 Å². The molecule has 0 bridgehead atoms. The molecule has 0 aromatic heterocycles. The minimum Gasteiger partial charge on any atom is -0.356 e. The molecule has 1 heterocycles. The van der Waals surface area contributed by atoms with E-state index in [1.807, 2.05) is 18.7 Å². The highest BCUT2D eigenvalue weighted by atomic mass is 16.2. The smallest absolute Gasteiger partial charge is 0.224 e. The Morgan fingerprint density at radius 1 is 1.28 bits per heavy atom. The van der Waals surface area contributed by atoms with E-state index in [1.165, 1.54) is 0 Å². The number of nitrogens with one attached hydrogen (secondary N) is 2. The van der Waals surface area contributed by atoms with Crippen LogP contribution in [0.2, 0.25) is 0 Å². The van der Waals surface area contributed by atoms with Crippen molar-refractivity contribution in [3.63, 3.8) is 0 Å². The fourth-order valence-corrected chi connectivity index (χ4v) is 2.01. The van der Waals surface area contributed by atoms with Crippen LogP contribution in [0.4, 0.5) is 0 Å². The van der Waals surface area contributed by atoms with E-state index in [-0.39, 0.29) is 11.8 Å². The Bertz CT molecular complexity index is 271. The van der Waals surface area contributed by atoms with E-state index >= 15 is 0 Å². The number of carbonyl (C=O) groups excluding carboxylic acids is 2. The van der Waals surface area contributed by atoms with Crippen molar-refractivity contribution in [3.8, 4) is 0 Å². The first kappa shape index (κ1) is 15.0. The quantitative estimate of drug-likeness (QED) is 0.746. The molecule has 1 aliphatic rings. The van der Waals surface area contributed by atoms with Crippen molar-refractivity contribution < 1.29 is 9.59 Å². The third-order valence-electron chi connectivity index (χ3n) is 2.95. The van der Waals surface area contributed by atoms with Gasteiger partial charge in [-0.1, -0.05) is 13.8 Å². The van der Waals surface area contributed by atoms with E-state index in [1.54, 1.807) is 0 Å². The maximum atomic E-state index is 11.9. The monoisotopic (exact) mass is 255 g/mol. The molecule has 1 rings (SSSR count). The van der Waals surface area contributed by atoms with Gasteiger partial charge in [-0.05, 0) is 18.9 Å². The van der Waals surface area contributed by atoms with E-state index in [0.717, 1.165) is 32.6 Å². The van der Waals surface area contributed by atoms with Crippen LogP contribution in [0.5, 0.6) is 0 Å². The second kappa shape index (κ2) is 8.08. The van der Waals surface area contributed by atoms with Crippen LogP contribution in [0, 0.1) is 5.92 Å². The first-order valence-corrected chi connectivity index (χ1v) is 6.85. The normalized spacial score (nSPS) is 16.5. The summed E-state index contributed by atoms with van der Waals surface area (Å²) in [5, 5.41) is 6.06. The van der Waals surface area contributed by atoms with Crippen molar-refractivity contribution in [2.45, 2.75) is 33.1 Å². The Hall–Kier alpha value is -1.10. The average Bonchev–Trinajstić information content (AvgIpc) is 2.56. The molecule has 1 fully saturated rings. The molecule has 0 aromatic carbocycles. The summed E-state index contributed by atoms with van der Waals surface area (Å²) < 4.78 is 0. The lowest BCUT2D eigenvalue weighted by Crippen LogP contribution is -2.36. The van der Waals surface area contributed by atoms with E-state index < -0.39 is 0 Å². The van der Waals surface area contributed by atoms with Crippen LogP contribution in [0.25, 0.3) is 0 Å². The van der Waals surface area contributed by atoms with Crippen LogP contribution in [-0.4, -0.2) is 49.4 Å². The summed E-state index contributed by atoms with van der Waals surface area (Å²) in [6.45, 7) is 7.92. The highest BCUT2D eigenvalue weighted by Crippen LogP contribution is 2.00. The number of hydrogen-bond donors (Lipinski definition) is 2. The number of rotatable bonds is 5. The molecule has 1 aliphatic heterocycles. The van der Waals surface area contributed by atoms with Crippen molar-refractivity contribution in [1.82, 2.24) is 15.5 Å². The topological polar surface area (TPSA) is 61.4 Å². The second-order valence-electron chi connectivity index (χ2n) is 5.18. The first-order chi connectivity index (χ1) is 8.59. The van der Waals surface area contributed by atoms with Crippen LogP contribution < -0.4 is 10.6 Å². The van der Waals surface area contributed by atoms with Gasteiger partial charge >= 0.3 is 0 Å². The largest absolute Gasteiger partial charge is 0.356 e. The van der Waals surface area contributed by atoms with Gasteiger partial charge in [-0.2, -0.15) is 0 Å². The van der Waals surface area contributed by atoms with Gasteiger partial charge in [-0.25, -0.2) is 0 Å². The van der Waals surface area contributed by atoms with Crippen molar-refractivity contribution in [2.75, 3.05) is 32.7 Å². The molecule has 0 radical (unpaired) electrons. The number of nitrogens with zero attached hydrogens (tertiary/aromatic N) is 1. The summed E-state index contributed by atoms with van der Waals surface area (Å²) in [6.07, 6.45) is 1.94. The van der Waals surface area contributed by atoms with Gasteiger partial charge in [0, 0.05) is 39.0 Å². The number of amides is 2. The van der Waals surface area contributed by atoms with E-state index in [2.05, 4.69) is 10.6 Å².